The maximum atomic E-state index is 14.1. The van der Waals surface area contributed by atoms with Crippen molar-refractivity contribution >= 4 is 35.0 Å². The van der Waals surface area contributed by atoms with Crippen LogP contribution in [0.25, 0.3) is 0 Å². The van der Waals surface area contributed by atoms with Gasteiger partial charge in [0.05, 0.1) is 5.92 Å². The van der Waals surface area contributed by atoms with Gasteiger partial charge in [-0.2, -0.15) is 0 Å². The van der Waals surface area contributed by atoms with Crippen molar-refractivity contribution in [1.29, 1.82) is 0 Å². The molecule has 2 aromatic rings. The normalized spacial score (nSPS) is 24.1. The summed E-state index contributed by atoms with van der Waals surface area (Å²) >= 11 is 6.17. The number of hydrogen-bond donors (Lipinski definition) is 0. The van der Waals surface area contributed by atoms with Gasteiger partial charge in [0.15, 0.2) is 0 Å². The van der Waals surface area contributed by atoms with E-state index in [1.54, 1.807) is 6.92 Å². The van der Waals surface area contributed by atoms with Crippen LogP contribution in [0.2, 0.25) is 5.02 Å². The standard InChI is InChI=1S/C33H41ClN4O3/c1-23(39)37-17-16-29-14-15-30(38(29)18-24-10-12-28(34)13-11-24)22-36(19-26-8-4-5-9-31(26)37)33(41)27-20-35(21-27)32(40)25-6-2-3-7-25/h4-5,8-13,25,27,29-30H,2-3,6-7,14-22H2,1H3/t29-,30+/m1/s1. The number of rotatable bonds is 4. The molecule has 0 N–H and O–H groups in total. The molecule has 3 heterocycles. The highest BCUT2D eigenvalue weighted by Crippen LogP contribution is 2.34. The Morgan fingerprint density at radius 3 is 2.20 bits per heavy atom. The average molecular weight is 577 g/mol. The number of amides is 3. The Labute approximate surface area is 248 Å². The molecule has 0 spiro atoms. The molecule has 1 saturated carbocycles. The van der Waals surface area contributed by atoms with Crippen LogP contribution in [0.15, 0.2) is 48.5 Å². The molecule has 2 aromatic carbocycles. The fourth-order valence-electron chi connectivity index (χ4n) is 7.41. The van der Waals surface area contributed by atoms with Gasteiger partial charge in [0.25, 0.3) is 0 Å². The van der Waals surface area contributed by atoms with Crippen LogP contribution in [0.3, 0.4) is 0 Å². The van der Waals surface area contributed by atoms with Gasteiger partial charge in [-0.3, -0.25) is 19.3 Å². The van der Waals surface area contributed by atoms with Crippen LogP contribution < -0.4 is 4.90 Å². The van der Waals surface area contributed by atoms with Crippen molar-refractivity contribution < 1.29 is 14.4 Å². The van der Waals surface area contributed by atoms with Gasteiger partial charge in [-0.1, -0.05) is 54.8 Å². The third-order valence-corrected chi connectivity index (χ3v) is 10.0. The quantitative estimate of drug-likeness (QED) is 0.508. The Bertz CT molecular complexity index is 1270. The van der Waals surface area contributed by atoms with Gasteiger partial charge < -0.3 is 14.7 Å². The molecule has 2 atom stereocenters. The second kappa shape index (κ2) is 12.1. The molecule has 3 fully saturated rings. The third-order valence-electron chi connectivity index (χ3n) is 9.75. The fourth-order valence-corrected chi connectivity index (χ4v) is 7.54. The number of carbonyl (C=O) groups is 3. The van der Waals surface area contributed by atoms with Gasteiger partial charge in [0, 0.05) is 74.9 Å². The zero-order valence-corrected chi connectivity index (χ0v) is 24.8. The van der Waals surface area contributed by atoms with Crippen LogP contribution in [0.4, 0.5) is 5.69 Å². The Balaban J connectivity index is 1.26. The van der Waals surface area contributed by atoms with Crippen molar-refractivity contribution in [3.63, 3.8) is 0 Å². The van der Waals surface area contributed by atoms with Crippen LogP contribution in [0, 0.1) is 11.8 Å². The van der Waals surface area contributed by atoms with Gasteiger partial charge in [0.2, 0.25) is 17.7 Å². The van der Waals surface area contributed by atoms with Gasteiger partial charge in [-0.15, -0.1) is 0 Å². The maximum Gasteiger partial charge on any atom is 0.229 e. The Kier molecular flexibility index (Phi) is 8.36. The molecule has 218 valence electrons. The number of likely N-dealkylation sites (tertiary alicyclic amines) is 1. The van der Waals surface area contributed by atoms with Crippen molar-refractivity contribution in [3.8, 4) is 0 Å². The predicted octanol–water partition coefficient (Wildman–Crippen LogP) is 5.11. The molecule has 0 unspecified atom stereocenters. The summed E-state index contributed by atoms with van der Waals surface area (Å²) in [5.74, 6) is 0.361. The number of para-hydroxylation sites is 1. The van der Waals surface area contributed by atoms with E-state index in [0.717, 1.165) is 67.8 Å². The Morgan fingerprint density at radius 2 is 1.46 bits per heavy atom. The van der Waals surface area contributed by atoms with E-state index in [0.29, 0.717) is 38.8 Å². The van der Waals surface area contributed by atoms with E-state index in [1.807, 2.05) is 51.1 Å². The zero-order valence-electron chi connectivity index (χ0n) is 24.0. The lowest BCUT2D eigenvalue weighted by molar-refractivity contribution is -0.151. The first-order valence-electron chi connectivity index (χ1n) is 15.3. The highest BCUT2D eigenvalue weighted by molar-refractivity contribution is 6.30. The molecule has 8 heteroatoms. The molecule has 6 rings (SSSR count). The molecular formula is C33H41ClN4O3. The highest BCUT2D eigenvalue weighted by atomic mass is 35.5. The number of hydrogen-bond acceptors (Lipinski definition) is 4. The maximum absolute atomic E-state index is 14.1. The van der Waals surface area contributed by atoms with Crippen LogP contribution in [0.5, 0.6) is 0 Å². The predicted molar refractivity (Wildman–Crippen MR) is 160 cm³/mol. The monoisotopic (exact) mass is 576 g/mol. The van der Waals surface area contributed by atoms with E-state index in [1.165, 1.54) is 5.56 Å². The van der Waals surface area contributed by atoms with Crippen molar-refractivity contribution in [1.82, 2.24) is 14.7 Å². The Morgan fingerprint density at radius 1 is 0.780 bits per heavy atom. The molecule has 7 nitrogen and oxygen atoms in total. The first-order chi connectivity index (χ1) is 19.9. The second-order valence-electron chi connectivity index (χ2n) is 12.4. The zero-order chi connectivity index (χ0) is 28.5. The lowest BCUT2D eigenvalue weighted by Crippen LogP contribution is -2.58. The summed E-state index contributed by atoms with van der Waals surface area (Å²) < 4.78 is 0. The van der Waals surface area contributed by atoms with Crippen LogP contribution >= 0.6 is 11.6 Å². The van der Waals surface area contributed by atoms with E-state index in [2.05, 4.69) is 17.0 Å². The topological polar surface area (TPSA) is 64.2 Å². The minimum atomic E-state index is -0.163. The van der Waals surface area contributed by atoms with Crippen LogP contribution in [-0.2, 0) is 27.5 Å². The molecule has 3 amide bonds. The summed E-state index contributed by atoms with van der Waals surface area (Å²) in [5.41, 5.74) is 3.09. The smallest absolute Gasteiger partial charge is 0.229 e. The van der Waals surface area contributed by atoms with Gasteiger partial charge in [-0.05, 0) is 61.4 Å². The summed E-state index contributed by atoms with van der Waals surface area (Å²) in [6.07, 6.45) is 7.16. The van der Waals surface area contributed by atoms with Crippen LogP contribution in [-0.4, -0.2) is 70.7 Å². The number of carbonyl (C=O) groups excluding carboxylic acids is 3. The molecule has 2 bridgehead atoms. The molecule has 41 heavy (non-hydrogen) atoms. The number of benzene rings is 2. The summed E-state index contributed by atoms with van der Waals surface area (Å²) in [5, 5.41) is 0.724. The third kappa shape index (κ3) is 6.02. The lowest BCUT2D eigenvalue weighted by Gasteiger charge is -2.43. The Hall–Kier alpha value is -2.90. The van der Waals surface area contributed by atoms with Crippen molar-refractivity contribution in [2.45, 2.75) is 77.0 Å². The van der Waals surface area contributed by atoms with Gasteiger partial charge in [0.1, 0.15) is 0 Å². The number of nitrogens with zero attached hydrogens (tertiary/aromatic N) is 4. The first-order valence-corrected chi connectivity index (χ1v) is 15.7. The van der Waals surface area contributed by atoms with Gasteiger partial charge in [-0.25, -0.2) is 0 Å². The molecule has 1 aliphatic carbocycles. The van der Waals surface area contributed by atoms with Crippen molar-refractivity contribution in [3.05, 3.63) is 64.7 Å². The number of halogens is 1. The largest absolute Gasteiger partial charge is 0.341 e. The minimum absolute atomic E-state index is 0.0217. The molecular weight excluding hydrogens is 536 g/mol. The van der Waals surface area contributed by atoms with E-state index >= 15 is 0 Å². The molecule has 4 aliphatic rings. The summed E-state index contributed by atoms with van der Waals surface area (Å²) in [4.78, 5) is 48.3. The van der Waals surface area contributed by atoms with Crippen molar-refractivity contribution in [2.75, 3.05) is 31.1 Å². The molecule has 3 aliphatic heterocycles. The molecule has 0 radical (unpaired) electrons. The lowest BCUT2D eigenvalue weighted by atomic mass is 9.94. The van der Waals surface area contributed by atoms with E-state index < -0.39 is 0 Å². The summed E-state index contributed by atoms with van der Waals surface area (Å²) in [6.45, 7) is 5.21. The van der Waals surface area contributed by atoms with Gasteiger partial charge >= 0.3 is 0 Å². The van der Waals surface area contributed by atoms with E-state index in [-0.39, 0.29) is 35.6 Å². The highest BCUT2D eigenvalue weighted by Gasteiger charge is 2.42. The van der Waals surface area contributed by atoms with Crippen molar-refractivity contribution in [2.24, 2.45) is 11.8 Å². The molecule has 0 aromatic heterocycles. The molecule has 2 saturated heterocycles. The second-order valence-corrected chi connectivity index (χ2v) is 12.8. The summed E-state index contributed by atoms with van der Waals surface area (Å²) in [7, 11) is 0. The average Bonchev–Trinajstić information content (AvgIpc) is 3.59. The number of anilines is 1. The first kappa shape index (κ1) is 28.2. The fraction of sp³-hybridized carbons (Fsp3) is 0.545. The van der Waals surface area contributed by atoms with Crippen LogP contribution in [0.1, 0.15) is 63.0 Å². The SMILES string of the molecule is CC(=O)N1CC[C@H]2CC[C@@H](CN(C(=O)C3CN(C(=O)C4CCCC4)C3)Cc3ccccc31)N2Cc1ccc(Cl)cc1. The minimum Gasteiger partial charge on any atom is -0.341 e. The van der Waals surface area contributed by atoms with E-state index in [9.17, 15) is 14.4 Å². The summed E-state index contributed by atoms with van der Waals surface area (Å²) in [6, 6.07) is 16.6. The van der Waals surface area contributed by atoms with E-state index in [4.69, 9.17) is 11.6 Å². The number of fused-ring (bicyclic) bond motifs is 3.